The van der Waals surface area contributed by atoms with Gasteiger partial charge in [0.15, 0.2) is 11.5 Å². The topological polar surface area (TPSA) is 89.9 Å². The molecule has 3 aromatic heterocycles. The number of alkyl halides is 3. The second-order valence-corrected chi connectivity index (χ2v) is 6.26. The van der Waals surface area contributed by atoms with E-state index in [0.717, 1.165) is 17.4 Å². The zero-order valence-corrected chi connectivity index (χ0v) is 14.5. The zero-order chi connectivity index (χ0) is 18.9. The molecule has 0 fully saturated rings. The maximum atomic E-state index is 13.1. The third-order valence-corrected chi connectivity index (χ3v) is 4.25. The van der Waals surface area contributed by atoms with Crippen molar-refractivity contribution in [2.45, 2.75) is 19.5 Å². The summed E-state index contributed by atoms with van der Waals surface area (Å²) in [5.41, 5.74) is -0.687. The molecule has 1 amide bonds. The van der Waals surface area contributed by atoms with Gasteiger partial charge in [0, 0.05) is 25.4 Å². The molecule has 12 heteroatoms. The van der Waals surface area contributed by atoms with Gasteiger partial charge in [-0.1, -0.05) is 5.16 Å². The lowest BCUT2D eigenvalue weighted by atomic mass is 10.3. The number of nitrogens with zero attached hydrogens (tertiary/aromatic N) is 6. The van der Waals surface area contributed by atoms with Gasteiger partial charge >= 0.3 is 6.18 Å². The first kappa shape index (κ1) is 18.0. The smallest absolute Gasteiger partial charge is 0.343 e. The van der Waals surface area contributed by atoms with Crippen LogP contribution in [0.5, 0.6) is 0 Å². The van der Waals surface area contributed by atoms with E-state index in [9.17, 15) is 18.0 Å². The van der Waals surface area contributed by atoms with E-state index in [2.05, 4.69) is 24.7 Å². The van der Waals surface area contributed by atoms with Gasteiger partial charge in [-0.25, -0.2) is 9.67 Å². The number of rotatable bonds is 5. The predicted molar refractivity (Wildman–Crippen MR) is 83.9 cm³/mol. The van der Waals surface area contributed by atoms with Crippen molar-refractivity contribution in [3.63, 3.8) is 0 Å². The number of hydrogen-bond donors (Lipinski definition) is 0. The molecule has 3 rings (SSSR count). The number of amides is 1. The molecule has 138 valence electrons. The van der Waals surface area contributed by atoms with Gasteiger partial charge in [-0.15, -0.1) is 11.3 Å². The first-order valence-corrected chi connectivity index (χ1v) is 8.24. The van der Waals surface area contributed by atoms with Crippen molar-refractivity contribution >= 4 is 17.2 Å². The summed E-state index contributed by atoms with van der Waals surface area (Å²) in [5, 5.41) is 8.85. The van der Waals surface area contributed by atoms with Crippen molar-refractivity contribution in [3.05, 3.63) is 40.7 Å². The fourth-order valence-corrected chi connectivity index (χ4v) is 2.93. The molecular weight excluding hydrogens is 373 g/mol. The van der Waals surface area contributed by atoms with Crippen LogP contribution >= 0.6 is 11.3 Å². The highest BCUT2D eigenvalue weighted by molar-refractivity contribution is 7.12. The standard InChI is InChI=1S/C14H13F3N6O2S/c1-8-5-10(14(15,16)17)23(20-8)13-19-9(6-26-13)12(24)22(2)4-3-11-18-7-25-21-11/h5-7H,3-4H2,1-2H3. The summed E-state index contributed by atoms with van der Waals surface area (Å²) in [4.78, 5) is 21.6. The molecule has 0 spiro atoms. The third-order valence-electron chi connectivity index (χ3n) is 3.44. The van der Waals surface area contributed by atoms with Gasteiger partial charge in [-0.05, 0) is 13.0 Å². The second kappa shape index (κ2) is 6.86. The maximum Gasteiger partial charge on any atom is 0.433 e. The Hall–Kier alpha value is -2.76. The van der Waals surface area contributed by atoms with E-state index in [4.69, 9.17) is 0 Å². The van der Waals surface area contributed by atoms with Gasteiger partial charge in [0.25, 0.3) is 5.91 Å². The largest absolute Gasteiger partial charge is 0.433 e. The monoisotopic (exact) mass is 386 g/mol. The third kappa shape index (κ3) is 3.74. The van der Waals surface area contributed by atoms with Crippen LogP contribution in [0.3, 0.4) is 0 Å². The van der Waals surface area contributed by atoms with Gasteiger partial charge in [0.1, 0.15) is 5.69 Å². The van der Waals surface area contributed by atoms with E-state index in [-0.39, 0.29) is 16.5 Å². The van der Waals surface area contributed by atoms with E-state index >= 15 is 0 Å². The van der Waals surface area contributed by atoms with Crippen LogP contribution in [0, 0.1) is 6.92 Å². The molecule has 0 N–H and O–H groups in total. The molecule has 0 aliphatic rings. The maximum absolute atomic E-state index is 13.1. The number of carbonyl (C=O) groups excluding carboxylic acids is 1. The minimum absolute atomic E-state index is 0.0275. The van der Waals surface area contributed by atoms with Crippen LogP contribution in [-0.4, -0.2) is 49.3 Å². The summed E-state index contributed by atoms with van der Waals surface area (Å²) in [6.07, 6.45) is -3.00. The summed E-state index contributed by atoms with van der Waals surface area (Å²) in [6.45, 7) is 1.76. The molecule has 0 atom stereocenters. The normalized spacial score (nSPS) is 11.7. The summed E-state index contributed by atoms with van der Waals surface area (Å²) in [5.74, 6) is 0.0267. The fourth-order valence-electron chi connectivity index (χ4n) is 2.17. The van der Waals surface area contributed by atoms with Gasteiger partial charge in [-0.3, -0.25) is 4.79 Å². The molecular formula is C14H13F3N6O2S. The highest BCUT2D eigenvalue weighted by atomic mass is 32.1. The van der Waals surface area contributed by atoms with Crippen LogP contribution in [0.4, 0.5) is 13.2 Å². The Bertz CT molecular complexity index is 902. The molecule has 0 aromatic carbocycles. The molecule has 0 saturated carbocycles. The zero-order valence-electron chi connectivity index (χ0n) is 13.7. The number of thiazole rings is 1. The Labute approximate surface area is 149 Å². The molecule has 0 aliphatic carbocycles. The molecule has 0 radical (unpaired) electrons. The first-order chi connectivity index (χ1) is 12.3. The van der Waals surface area contributed by atoms with Crippen LogP contribution in [-0.2, 0) is 12.6 Å². The molecule has 0 aliphatic heterocycles. The summed E-state index contributed by atoms with van der Waals surface area (Å²) in [6, 6.07) is 0.930. The highest BCUT2D eigenvalue weighted by Crippen LogP contribution is 2.32. The van der Waals surface area contributed by atoms with E-state index < -0.39 is 17.8 Å². The lowest BCUT2D eigenvalue weighted by Gasteiger charge is -2.14. The summed E-state index contributed by atoms with van der Waals surface area (Å²) >= 11 is 0.910. The average molecular weight is 386 g/mol. The van der Waals surface area contributed by atoms with Gasteiger partial charge in [0.2, 0.25) is 11.5 Å². The SMILES string of the molecule is Cc1cc(C(F)(F)F)n(-c2nc(C(=O)N(C)CCc3ncon3)cs2)n1. The molecule has 0 saturated heterocycles. The molecule has 8 nitrogen and oxygen atoms in total. The quantitative estimate of drug-likeness (QED) is 0.669. The molecule has 0 bridgehead atoms. The minimum Gasteiger partial charge on any atom is -0.343 e. The Kier molecular flexibility index (Phi) is 4.76. The van der Waals surface area contributed by atoms with Crippen molar-refractivity contribution in [2.24, 2.45) is 0 Å². The van der Waals surface area contributed by atoms with Gasteiger partial charge in [0.05, 0.1) is 5.69 Å². The van der Waals surface area contributed by atoms with Gasteiger partial charge < -0.3 is 9.42 Å². The fraction of sp³-hybridized carbons (Fsp3) is 0.357. The first-order valence-electron chi connectivity index (χ1n) is 7.36. The number of halogens is 3. The van der Waals surface area contributed by atoms with Crippen LogP contribution in [0.1, 0.15) is 27.7 Å². The lowest BCUT2D eigenvalue weighted by molar-refractivity contribution is -0.142. The molecule has 3 heterocycles. The van der Waals surface area contributed by atoms with Crippen LogP contribution in [0.25, 0.3) is 5.13 Å². The van der Waals surface area contributed by atoms with E-state index in [1.54, 1.807) is 7.05 Å². The van der Waals surface area contributed by atoms with E-state index in [1.165, 1.54) is 23.6 Å². The number of likely N-dealkylation sites (N-methyl/N-ethyl adjacent to an activating group) is 1. The minimum atomic E-state index is -4.57. The Morgan fingerprint density at radius 3 is 2.85 bits per heavy atom. The highest BCUT2D eigenvalue weighted by Gasteiger charge is 2.36. The van der Waals surface area contributed by atoms with Gasteiger partial charge in [-0.2, -0.15) is 23.3 Å². The van der Waals surface area contributed by atoms with Crippen molar-refractivity contribution in [3.8, 4) is 5.13 Å². The average Bonchev–Trinajstić information content (AvgIpc) is 3.30. The van der Waals surface area contributed by atoms with E-state index in [0.29, 0.717) is 23.5 Å². The number of carbonyl (C=O) groups is 1. The van der Waals surface area contributed by atoms with Crippen LogP contribution in [0.2, 0.25) is 0 Å². The van der Waals surface area contributed by atoms with Crippen LogP contribution in [0.15, 0.2) is 22.4 Å². The van der Waals surface area contributed by atoms with Crippen LogP contribution < -0.4 is 0 Å². The van der Waals surface area contributed by atoms with Crippen molar-refractivity contribution in [2.75, 3.05) is 13.6 Å². The summed E-state index contributed by atoms with van der Waals surface area (Å²) in [7, 11) is 1.56. The Morgan fingerprint density at radius 1 is 1.42 bits per heavy atom. The number of aryl methyl sites for hydroxylation is 1. The summed E-state index contributed by atoms with van der Waals surface area (Å²) < 4.78 is 44.6. The lowest BCUT2D eigenvalue weighted by Crippen LogP contribution is -2.29. The predicted octanol–water partition coefficient (Wildman–Crippen LogP) is 2.35. The number of hydrogen-bond acceptors (Lipinski definition) is 7. The second-order valence-electron chi connectivity index (χ2n) is 5.42. The number of aromatic nitrogens is 5. The molecule has 0 unspecified atom stereocenters. The Morgan fingerprint density at radius 2 is 2.19 bits per heavy atom. The molecule has 3 aromatic rings. The van der Waals surface area contributed by atoms with Crippen molar-refractivity contribution < 1.29 is 22.5 Å². The van der Waals surface area contributed by atoms with E-state index in [1.807, 2.05) is 0 Å². The Balaban J connectivity index is 1.76. The molecule has 26 heavy (non-hydrogen) atoms. The van der Waals surface area contributed by atoms with Crippen molar-refractivity contribution in [1.82, 2.24) is 29.8 Å². The van der Waals surface area contributed by atoms with Crippen molar-refractivity contribution in [1.29, 1.82) is 0 Å².